The Balaban J connectivity index is 0.00000361. The summed E-state index contributed by atoms with van der Waals surface area (Å²) in [6.45, 7) is 0. The first kappa shape index (κ1) is 19.0. The van der Waals surface area contributed by atoms with Crippen molar-refractivity contribution < 1.29 is 47.7 Å². The van der Waals surface area contributed by atoms with E-state index in [2.05, 4.69) is 9.71 Å². The lowest BCUT2D eigenvalue weighted by Crippen LogP contribution is -3.00. The molecule has 0 saturated heterocycles. The van der Waals surface area contributed by atoms with E-state index >= 15 is 0 Å². The Morgan fingerprint density at radius 3 is 2.05 bits per heavy atom. The van der Waals surface area contributed by atoms with E-state index in [-0.39, 0.29) is 17.0 Å². The number of hydrogen-bond acceptors (Lipinski definition) is 6. The Morgan fingerprint density at radius 2 is 1.75 bits per heavy atom. The average Bonchev–Trinajstić information content (AvgIpc) is 2.24. The lowest BCUT2D eigenvalue weighted by atomic mass is 10.3. The van der Waals surface area contributed by atoms with Crippen molar-refractivity contribution in [2.45, 2.75) is 9.79 Å². The van der Waals surface area contributed by atoms with Crippen LogP contribution in [0.25, 0.3) is 4.98 Å². The molecule has 0 atom stereocenters. The number of diazo groups is 1. The van der Waals surface area contributed by atoms with Crippen LogP contribution in [0.2, 0.25) is 5.02 Å². The van der Waals surface area contributed by atoms with Crippen LogP contribution in [0, 0.1) is 5.39 Å². The molecule has 1 aromatic rings. The van der Waals surface area contributed by atoms with Crippen LogP contribution in [0.4, 0.5) is 5.69 Å². The first-order chi connectivity index (χ1) is 8.54. The van der Waals surface area contributed by atoms with Gasteiger partial charge in [-0.15, -0.1) is 0 Å². The maximum absolute atomic E-state index is 11.2. The van der Waals surface area contributed by atoms with E-state index in [4.69, 9.17) is 26.1 Å². The fourth-order valence-corrected chi connectivity index (χ4v) is 3.41. The molecule has 0 bridgehead atoms. The molecule has 0 amide bonds. The quantitative estimate of drug-likeness (QED) is 0.445. The predicted molar refractivity (Wildman–Crippen MR) is 62.4 cm³/mol. The first-order valence-corrected chi connectivity index (χ1v) is 7.50. The molecule has 0 radical (unpaired) electrons. The molecule has 1 aromatic carbocycles. The minimum atomic E-state index is -5.00. The fourth-order valence-electron chi connectivity index (χ4n) is 1.27. The second-order valence-electron chi connectivity index (χ2n) is 3.12. The van der Waals surface area contributed by atoms with Crippen LogP contribution in [0.15, 0.2) is 15.9 Å². The summed E-state index contributed by atoms with van der Waals surface area (Å²) in [4.78, 5) is 0.397. The molecule has 112 valence electrons. The number of halogens is 2. The molecule has 0 heterocycles. The third kappa shape index (κ3) is 3.57. The monoisotopic (exact) mass is 408 g/mol. The van der Waals surface area contributed by atoms with Gasteiger partial charge in [-0.3, -0.25) is 9.11 Å². The zero-order chi connectivity index (χ0) is 15.0. The van der Waals surface area contributed by atoms with Crippen molar-refractivity contribution in [3.63, 3.8) is 0 Å². The Bertz CT molecular complexity index is 784. The summed E-state index contributed by atoms with van der Waals surface area (Å²) in [6.07, 6.45) is 0. The lowest BCUT2D eigenvalue weighted by molar-refractivity contribution is -0.0000128. The molecule has 0 aliphatic carbocycles. The van der Waals surface area contributed by atoms with E-state index in [1.807, 2.05) is 0 Å². The third-order valence-corrected chi connectivity index (χ3v) is 4.37. The summed E-state index contributed by atoms with van der Waals surface area (Å²) in [5.74, 6) is -0.678. The van der Waals surface area contributed by atoms with Gasteiger partial charge < -0.3 is 21.7 Å². The van der Waals surface area contributed by atoms with Gasteiger partial charge in [0.25, 0.3) is 20.2 Å². The Kier molecular flexibility index (Phi) is 5.90. The van der Waals surface area contributed by atoms with Gasteiger partial charge in [-0.2, -0.15) is 16.8 Å². The molecule has 0 saturated carbocycles. The van der Waals surface area contributed by atoms with E-state index in [0.717, 1.165) is 7.11 Å². The maximum Gasteiger partial charge on any atom is 0.429 e. The highest BCUT2D eigenvalue weighted by atomic mass is 79.9. The molecule has 0 aliphatic heterocycles. The lowest BCUT2D eigenvalue weighted by Gasteiger charge is -2.08. The van der Waals surface area contributed by atoms with Gasteiger partial charge in [0.1, 0.15) is 4.90 Å². The van der Waals surface area contributed by atoms with E-state index < -0.39 is 46.5 Å². The zero-order valence-electron chi connectivity index (χ0n) is 9.48. The topological polar surface area (TPSA) is 146 Å². The molecule has 0 aromatic heterocycles. The van der Waals surface area contributed by atoms with Gasteiger partial charge >= 0.3 is 5.69 Å². The van der Waals surface area contributed by atoms with Crippen molar-refractivity contribution in [2.75, 3.05) is 7.11 Å². The summed E-state index contributed by atoms with van der Waals surface area (Å²) in [5, 5.41) is 7.68. The number of ether oxygens (including phenoxy) is 1. The second-order valence-corrected chi connectivity index (χ2v) is 6.25. The van der Waals surface area contributed by atoms with E-state index in [1.165, 1.54) is 0 Å². The highest BCUT2D eigenvalue weighted by molar-refractivity contribution is 7.87. The minimum absolute atomic E-state index is 0. The summed E-state index contributed by atoms with van der Waals surface area (Å²) in [6, 6.07) is 0.575. The van der Waals surface area contributed by atoms with E-state index in [0.29, 0.717) is 6.07 Å². The molecular formula is C7H6BrClN2O7S2. The van der Waals surface area contributed by atoms with Crippen LogP contribution in [0.1, 0.15) is 0 Å². The Hall–Kier alpha value is -0.970. The van der Waals surface area contributed by atoms with Gasteiger partial charge in [-0.25, -0.2) is 0 Å². The van der Waals surface area contributed by atoms with Crippen LogP contribution in [-0.2, 0) is 20.2 Å². The van der Waals surface area contributed by atoms with Crippen molar-refractivity contribution in [3.8, 4) is 5.75 Å². The van der Waals surface area contributed by atoms with E-state index in [1.54, 1.807) is 0 Å². The number of benzene rings is 1. The average molecular weight is 410 g/mol. The van der Waals surface area contributed by atoms with Gasteiger partial charge in [-0.1, -0.05) is 11.6 Å². The molecule has 1 rings (SSSR count). The molecule has 0 fully saturated rings. The van der Waals surface area contributed by atoms with Gasteiger partial charge in [0.15, 0.2) is 9.87 Å². The number of rotatable bonds is 3. The number of hydrogen-bond donors (Lipinski definition) is 2. The Labute approximate surface area is 129 Å². The normalized spacial score (nSPS) is 11.3. The van der Waals surface area contributed by atoms with E-state index in [9.17, 15) is 16.8 Å². The molecule has 0 aliphatic rings. The van der Waals surface area contributed by atoms with Crippen LogP contribution < -0.4 is 21.7 Å². The molecule has 0 unspecified atom stereocenters. The molecule has 20 heavy (non-hydrogen) atoms. The predicted octanol–water partition coefficient (Wildman–Crippen LogP) is -1.67. The molecule has 0 spiro atoms. The van der Waals surface area contributed by atoms with Gasteiger partial charge in [-0.05, 0) is 0 Å². The minimum Gasteiger partial charge on any atom is -1.00 e. The van der Waals surface area contributed by atoms with Crippen LogP contribution in [-0.4, -0.2) is 33.1 Å². The van der Waals surface area contributed by atoms with Crippen LogP contribution in [0.5, 0.6) is 5.75 Å². The number of methoxy groups -OCH3 is 1. The highest BCUT2D eigenvalue weighted by Gasteiger charge is 2.35. The van der Waals surface area contributed by atoms with Gasteiger partial charge in [0, 0.05) is 0 Å². The summed E-state index contributed by atoms with van der Waals surface area (Å²) in [7, 11) is -8.93. The van der Waals surface area contributed by atoms with Crippen LogP contribution >= 0.6 is 11.6 Å². The summed E-state index contributed by atoms with van der Waals surface area (Å²) >= 11 is 5.51. The van der Waals surface area contributed by atoms with Crippen molar-refractivity contribution in [1.82, 2.24) is 0 Å². The van der Waals surface area contributed by atoms with Crippen molar-refractivity contribution in [2.24, 2.45) is 0 Å². The highest BCUT2D eigenvalue weighted by Crippen LogP contribution is 2.43. The van der Waals surface area contributed by atoms with Crippen molar-refractivity contribution in [1.29, 1.82) is 5.39 Å². The SMILES string of the molecule is COc1c([N+]#N)cc(S(=O)(=O)O)c(Cl)c1S(=O)(=O)O.[Br-]. The Morgan fingerprint density at radius 1 is 1.25 bits per heavy atom. The smallest absolute Gasteiger partial charge is 0.429 e. The zero-order valence-corrected chi connectivity index (χ0v) is 13.5. The van der Waals surface area contributed by atoms with Gasteiger partial charge in [0.2, 0.25) is 11.1 Å². The van der Waals surface area contributed by atoms with Gasteiger partial charge in [0.05, 0.1) is 18.2 Å². The molecule has 2 N–H and O–H groups in total. The largest absolute Gasteiger partial charge is 1.00 e. The molecular weight excluding hydrogens is 404 g/mol. The maximum atomic E-state index is 11.2. The number of nitrogens with zero attached hydrogens (tertiary/aromatic N) is 2. The molecule has 9 nitrogen and oxygen atoms in total. The second kappa shape index (κ2) is 6.20. The summed E-state index contributed by atoms with van der Waals surface area (Å²) < 4.78 is 66.9. The van der Waals surface area contributed by atoms with Crippen LogP contribution in [0.3, 0.4) is 0 Å². The molecule has 13 heteroatoms. The first-order valence-electron chi connectivity index (χ1n) is 4.24. The van der Waals surface area contributed by atoms with Crippen molar-refractivity contribution in [3.05, 3.63) is 16.1 Å². The standard InChI is InChI=1S/C7H5ClN2O7S2.BrH/c1-17-6-3(10-9)2-4(18(11,12)13)5(8)7(6)19(14,15)16;/h2H,1H3,(H-,11,12,13,14,15,16);1H. The fraction of sp³-hybridized carbons (Fsp3) is 0.143. The third-order valence-electron chi connectivity index (χ3n) is 1.97. The van der Waals surface area contributed by atoms with Crippen molar-refractivity contribution >= 4 is 37.5 Å². The summed E-state index contributed by atoms with van der Waals surface area (Å²) in [5.41, 5.74) is -0.660.